The number of carbonyl (C=O) groups excluding carboxylic acids is 2. The van der Waals surface area contributed by atoms with Gasteiger partial charge < -0.3 is 35.6 Å². The molecule has 2 aromatic carbocycles. The Labute approximate surface area is 245 Å². The second kappa shape index (κ2) is 11.4. The molecule has 2 aliphatic heterocycles. The molecule has 2 fully saturated rings. The molecule has 1 unspecified atom stereocenters. The zero-order valence-corrected chi connectivity index (χ0v) is 24.8. The first kappa shape index (κ1) is 31.6. The summed E-state index contributed by atoms with van der Waals surface area (Å²) in [7, 11) is 0. The molecule has 2 heterocycles. The van der Waals surface area contributed by atoms with E-state index >= 15 is 4.39 Å². The van der Waals surface area contributed by atoms with Gasteiger partial charge in [-0.15, -0.1) is 0 Å². The lowest BCUT2D eigenvalue weighted by Gasteiger charge is -2.47. The molecule has 228 valence electrons. The Balaban J connectivity index is 1.60. The first-order valence-corrected chi connectivity index (χ1v) is 13.9. The number of anilines is 1. The number of rotatable bonds is 9. The van der Waals surface area contributed by atoms with Crippen molar-refractivity contribution in [2.75, 3.05) is 18.4 Å². The summed E-state index contributed by atoms with van der Waals surface area (Å²) in [6, 6.07) is 9.47. The standard InChI is InChI=1S/C31H41FN4O6/c1-20-9-7-12-25(23(20)16-36(19-37)30(39)14-13-26(38)33-21(30)2)34-31(40,41)24-11-8-10-22(27(24)32)15-35-17-28(3,4)42-29(5,6)18-35/h7-12,19,34,39-41H,2,13-18H2,1,3-6H3,(H,33,38). The number of nitrogens with zero attached hydrogens (tertiary/aromatic N) is 2. The Morgan fingerprint density at radius 1 is 1.17 bits per heavy atom. The summed E-state index contributed by atoms with van der Waals surface area (Å²) in [5.74, 6) is -3.90. The van der Waals surface area contributed by atoms with Gasteiger partial charge in [0.05, 0.1) is 29.0 Å². The van der Waals surface area contributed by atoms with Crippen LogP contribution in [0.3, 0.4) is 0 Å². The van der Waals surface area contributed by atoms with Crippen molar-refractivity contribution in [2.24, 2.45) is 0 Å². The summed E-state index contributed by atoms with van der Waals surface area (Å²) in [5.41, 5.74) is -1.48. The van der Waals surface area contributed by atoms with E-state index in [9.17, 15) is 24.9 Å². The molecule has 0 radical (unpaired) electrons. The molecular weight excluding hydrogens is 543 g/mol. The molecule has 4 rings (SSSR count). The average Bonchev–Trinajstić information content (AvgIpc) is 2.85. The van der Waals surface area contributed by atoms with Gasteiger partial charge in [-0.1, -0.05) is 30.8 Å². The topological polar surface area (TPSA) is 135 Å². The van der Waals surface area contributed by atoms with Crippen LogP contribution in [-0.2, 0) is 33.3 Å². The molecule has 2 aromatic rings. The van der Waals surface area contributed by atoms with Crippen molar-refractivity contribution in [3.63, 3.8) is 0 Å². The number of nitrogens with one attached hydrogen (secondary N) is 2. The summed E-state index contributed by atoms with van der Waals surface area (Å²) in [6.45, 7) is 14.6. The van der Waals surface area contributed by atoms with Gasteiger partial charge in [-0.3, -0.25) is 14.5 Å². The molecule has 0 saturated carbocycles. The Morgan fingerprint density at radius 2 is 1.81 bits per heavy atom. The van der Waals surface area contributed by atoms with E-state index in [1.165, 1.54) is 6.07 Å². The van der Waals surface area contributed by atoms with E-state index in [0.29, 0.717) is 36.2 Å². The van der Waals surface area contributed by atoms with Crippen LogP contribution in [0.5, 0.6) is 0 Å². The molecule has 1 atom stereocenters. The number of hydrogen-bond donors (Lipinski definition) is 5. The zero-order valence-electron chi connectivity index (χ0n) is 24.8. The first-order chi connectivity index (χ1) is 19.5. The molecule has 11 heteroatoms. The van der Waals surface area contributed by atoms with E-state index in [1.807, 2.05) is 27.7 Å². The van der Waals surface area contributed by atoms with Gasteiger partial charge in [0, 0.05) is 43.7 Å². The largest absolute Gasteiger partial charge is 0.367 e. The maximum atomic E-state index is 15.9. The molecule has 2 amide bonds. The van der Waals surface area contributed by atoms with Gasteiger partial charge in [0.25, 0.3) is 5.91 Å². The van der Waals surface area contributed by atoms with Crippen LogP contribution in [0.25, 0.3) is 0 Å². The number of carbonyl (C=O) groups is 2. The number of halogens is 1. The van der Waals surface area contributed by atoms with Gasteiger partial charge in [0.15, 0.2) is 5.72 Å². The highest BCUT2D eigenvalue weighted by Crippen LogP contribution is 2.34. The molecule has 0 aliphatic carbocycles. The molecule has 0 spiro atoms. The molecule has 0 aromatic heterocycles. The van der Waals surface area contributed by atoms with Crippen LogP contribution in [0.1, 0.15) is 62.8 Å². The normalized spacial score (nSPS) is 22.4. The van der Waals surface area contributed by atoms with Gasteiger partial charge in [-0.25, -0.2) is 4.39 Å². The number of aliphatic hydroxyl groups is 3. The van der Waals surface area contributed by atoms with E-state index in [2.05, 4.69) is 22.1 Å². The number of morpholine rings is 1. The van der Waals surface area contributed by atoms with Crippen molar-refractivity contribution in [2.45, 2.75) is 83.4 Å². The van der Waals surface area contributed by atoms with Crippen molar-refractivity contribution in [3.05, 3.63) is 76.7 Å². The van der Waals surface area contributed by atoms with Crippen molar-refractivity contribution in [1.82, 2.24) is 15.1 Å². The molecule has 5 N–H and O–H groups in total. The van der Waals surface area contributed by atoms with Gasteiger partial charge in [0.2, 0.25) is 12.3 Å². The van der Waals surface area contributed by atoms with Crippen LogP contribution < -0.4 is 10.6 Å². The lowest BCUT2D eigenvalue weighted by Crippen LogP contribution is -2.56. The summed E-state index contributed by atoms with van der Waals surface area (Å²) < 4.78 is 22.0. The smallest absolute Gasteiger partial charge is 0.275 e. The molecule has 0 bridgehead atoms. The van der Waals surface area contributed by atoms with Crippen LogP contribution in [0.15, 0.2) is 48.7 Å². The molecular formula is C31H41FN4O6. The van der Waals surface area contributed by atoms with E-state index in [4.69, 9.17) is 4.74 Å². The van der Waals surface area contributed by atoms with Crippen LogP contribution in [0.4, 0.5) is 10.1 Å². The van der Waals surface area contributed by atoms with Crippen molar-refractivity contribution in [1.29, 1.82) is 0 Å². The summed E-state index contributed by atoms with van der Waals surface area (Å²) in [5, 5.41) is 38.7. The minimum absolute atomic E-state index is 0.00973. The summed E-state index contributed by atoms with van der Waals surface area (Å²) >= 11 is 0. The van der Waals surface area contributed by atoms with Gasteiger partial charge >= 0.3 is 0 Å². The monoisotopic (exact) mass is 584 g/mol. The van der Waals surface area contributed by atoms with Crippen LogP contribution in [0, 0.1) is 12.7 Å². The highest BCUT2D eigenvalue weighted by atomic mass is 19.1. The third kappa shape index (κ3) is 6.66. The predicted octanol–water partition coefficient (Wildman–Crippen LogP) is 2.80. The summed E-state index contributed by atoms with van der Waals surface area (Å²) in [4.78, 5) is 27.1. The average molecular weight is 585 g/mol. The maximum absolute atomic E-state index is 15.9. The summed E-state index contributed by atoms with van der Waals surface area (Å²) in [6.07, 6.45) is 0.385. The quantitative estimate of drug-likeness (QED) is 0.224. The molecule has 10 nitrogen and oxygen atoms in total. The molecule has 2 aliphatic rings. The van der Waals surface area contributed by atoms with Crippen LogP contribution in [-0.4, -0.2) is 67.5 Å². The second-order valence-corrected chi connectivity index (χ2v) is 12.5. The van der Waals surface area contributed by atoms with Gasteiger partial charge in [0.1, 0.15) is 5.82 Å². The van der Waals surface area contributed by atoms with Crippen molar-refractivity contribution >= 4 is 18.0 Å². The van der Waals surface area contributed by atoms with Crippen molar-refractivity contribution in [3.8, 4) is 0 Å². The van der Waals surface area contributed by atoms with E-state index in [1.54, 1.807) is 37.3 Å². The SMILES string of the molecule is C=C1NC(=O)CCC1(O)N(C=O)Cc1c(C)cccc1NC(O)(O)c1cccc(CN2CC(C)(C)OC(C)(C)C2)c1F. The first-order valence-electron chi connectivity index (χ1n) is 13.9. The zero-order chi connectivity index (χ0) is 31.1. The Hall–Kier alpha value is -3.35. The highest BCUT2D eigenvalue weighted by Gasteiger charge is 2.42. The molecule has 42 heavy (non-hydrogen) atoms. The van der Waals surface area contributed by atoms with Crippen LogP contribution in [0.2, 0.25) is 0 Å². The minimum atomic E-state index is -2.82. The van der Waals surface area contributed by atoms with E-state index < -0.39 is 28.7 Å². The lowest BCUT2D eigenvalue weighted by atomic mass is 9.96. The Bertz CT molecular complexity index is 1360. The highest BCUT2D eigenvalue weighted by molar-refractivity contribution is 5.80. The fraction of sp³-hybridized carbons (Fsp3) is 0.484. The third-order valence-corrected chi connectivity index (χ3v) is 7.73. The van der Waals surface area contributed by atoms with E-state index in [0.717, 1.165) is 4.90 Å². The third-order valence-electron chi connectivity index (χ3n) is 7.73. The molecule has 2 saturated heterocycles. The van der Waals surface area contributed by atoms with Gasteiger partial charge in [-0.2, -0.15) is 0 Å². The maximum Gasteiger partial charge on any atom is 0.275 e. The number of aryl methyl sites for hydroxylation is 1. The number of benzene rings is 2. The number of ether oxygens (including phenoxy) is 1. The van der Waals surface area contributed by atoms with Crippen LogP contribution >= 0.6 is 0 Å². The van der Waals surface area contributed by atoms with E-state index in [-0.39, 0.29) is 48.8 Å². The van der Waals surface area contributed by atoms with Crippen molar-refractivity contribution < 1.29 is 34.0 Å². The fourth-order valence-corrected chi connectivity index (χ4v) is 6.07. The minimum Gasteiger partial charge on any atom is -0.367 e. The fourth-order valence-electron chi connectivity index (χ4n) is 6.07. The lowest BCUT2D eigenvalue weighted by molar-refractivity contribution is -0.182. The Morgan fingerprint density at radius 3 is 2.43 bits per heavy atom. The number of piperidine rings is 1. The number of amides is 2. The Kier molecular flexibility index (Phi) is 8.56. The van der Waals surface area contributed by atoms with Gasteiger partial charge in [-0.05, 0) is 57.9 Å². The number of hydrogen-bond acceptors (Lipinski definition) is 8. The second-order valence-electron chi connectivity index (χ2n) is 12.5. The predicted molar refractivity (Wildman–Crippen MR) is 155 cm³/mol.